The van der Waals surface area contributed by atoms with E-state index in [4.69, 9.17) is 5.73 Å². The first kappa shape index (κ1) is 13.4. The molecular weight excluding hydrogens is 242 g/mol. The molecule has 0 aromatic heterocycles. The van der Waals surface area contributed by atoms with Crippen molar-refractivity contribution < 1.29 is 0 Å². The molecule has 0 fully saturated rings. The van der Waals surface area contributed by atoms with Crippen molar-refractivity contribution in [1.82, 2.24) is 0 Å². The molecule has 0 saturated heterocycles. The van der Waals surface area contributed by atoms with E-state index in [1.807, 2.05) is 0 Å². The third kappa shape index (κ3) is 2.16. The molecule has 2 aromatic carbocycles. The van der Waals surface area contributed by atoms with E-state index in [1.165, 1.54) is 40.7 Å². The van der Waals surface area contributed by atoms with Gasteiger partial charge < -0.3 is 5.73 Å². The lowest BCUT2D eigenvalue weighted by atomic mass is 9.79. The lowest BCUT2D eigenvalue weighted by Gasteiger charge is -2.31. The number of nitrogens with two attached hydrogens (primary N) is 1. The normalized spacial score (nSPS) is 22.1. The van der Waals surface area contributed by atoms with Gasteiger partial charge in [0, 0.05) is 0 Å². The van der Waals surface area contributed by atoms with Gasteiger partial charge in [0.1, 0.15) is 0 Å². The Morgan fingerprint density at radius 1 is 0.950 bits per heavy atom. The second-order valence-electron chi connectivity index (χ2n) is 6.13. The van der Waals surface area contributed by atoms with Crippen molar-refractivity contribution in [1.29, 1.82) is 0 Å². The highest BCUT2D eigenvalue weighted by Crippen LogP contribution is 2.37. The average molecular weight is 265 g/mol. The summed E-state index contributed by atoms with van der Waals surface area (Å²) >= 11 is 0. The van der Waals surface area contributed by atoms with Crippen LogP contribution in [0.15, 0.2) is 42.5 Å². The maximum atomic E-state index is 6.91. The summed E-state index contributed by atoms with van der Waals surface area (Å²) in [6.45, 7) is 4.33. The number of benzene rings is 2. The van der Waals surface area contributed by atoms with E-state index in [9.17, 15) is 0 Å². The van der Waals surface area contributed by atoms with E-state index < -0.39 is 0 Å². The second kappa shape index (κ2) is 5.06. The van der Waals surface area contributed by atoms with Crippen molar-refractivity contribution in [3.8, 4) is 0 Å². The first-order valence-corrected chi connectivity index (χ1v) is 7.56. The highest BCUT2D eigenvalue weighted by molar-refractivity contribution is 5.45. The van der Waals surface area contributed by atoms with E-state index in [0.29, 0.717) is 0 Å². The maximum absolute atomic E-state index is 6.91. The molecule has 1 aliphatic carbocycles. The fourth-order valence-corrected chi connectivity index (χ4v) is 3.35. The predicted molar refractivity (Wildman–Crippen MR) is 84.9 cm³/mol. The highest BCUT2D eigenvalue weighted by atomic mass is 14.7. The van der Waals surface area contributed by atoms with Crippen LogP contribution in [0.2, 0.25) is 0 Å². The lowest BCUT2D eigenvalue weighted by Crippen LogP contribution is -2.38. The minimum absolute atomic E-state index is 0.328. The molecular formula is C19H23N. The Morgan fingerprint density at radius 2 is 1.75 bits per heavy atom. The summed E-state index contributed by atoms with van der Waals surface area (Å²) in [5.74, 6) is 0. The topological polar surface area (TPSA) is 26.0 Å². The van der Waals surface area contributed by atoms with Crippen LogP contribution in [0.3, 0.4) is 0 Å². The number of fused-ring (bicyclic) bond motifs is 1. The molecule has 0 radical (unpaired) electrons. The molecule has 0 spiro atoms. The predicted octanol–water partition coefficient (Wildman–Crippen LogP) is 4.23. The average Bonchev–Trinajstić information content (AvgIpc) is 2.63. The number of rotatable bonds is 1. The summed E-state index contributed by atoms with van der Waals surface area (Å²) in [7, 11) is 0. The van der Waals surface area contributed by atoms with Gasteiger partial charge in [0.05, 0.1) is 5.54 Å². The third-order valence-corrected chi connectivity index (χ3v) is 4.79. The van der Waals surface area contributed by atoms with Crippen molar-refractivity contribution in [3.05, 3.63) is 70.3 Å². The Balaban J connectivity index is 2.17. The molecule has 0 saturated carbocycles. The Hall–Kier alpha value is -1.60. The van der Waals surface area contributed by atoms with Gasteiger partial charge in [0.15, 0.2) is 0 Å². The van der Waals surface area contributed by atoms with Crippen molar-refractivity contribution in [3.63, 3.8) is 0 Å². The van der Waals surface area contributed by atoms with E-state index >= 15 is 0 Å². The molecule has 104 valence electrons. The van der Waals surface area contributed by atoms with Crippen LogP contribution < -0.4 is 5.73 Å². The fourth-order valence-electron chi connectivity index (χ4n) is 3.35. The molecule has 2 aromatic rings. The SMILES string of the molecule is Cc1ccc(C2(N)CCCCc3ccccc32)cc1C. The Bertz CT molecular complexity index is 629. The van der Waals surface area contributed by atoms with Crippen LogP contribution in [0.4, 0.5) is 0 Å². The van der Waals surface area contributed by atoms with Crippen molar-refractivity contribution in [2.75, 3.05) is 0 Å². The van der Waals surface area contributed by atoms with Gasteiger partial charge in [-0.2, -0.15) is 0 Å². The molecule has 0 bridgehead atoms. The van der Waals surface area contributed by atoms with Crippen LogP contribution in [0.25, 0.3) is 0 Å². The summed E-state index contributed by atoms with van der Waals surface area (Å²) in [5.41, 5.74) is 13.2. The van der Waals surface area contributed by atoms with Gasteiger partial charge in [-0.3, -0.25) is 0 Å². The minimum Gasteiger partial charge on any atom is -0.318 e. The second-order valence-corrected chi connectivity index (χ2v) is 6.13. The molecule has 2 N–H and O–H groups in total. The number of hydrogen-bond acceptors (Lipinski definition) is 1. The lowest BCUT2D eigenvalue weighted by molar-refractivity contribution is 0.479. The van der Waals surface area contributed by atoms with Crippen LogP contribution in [-0.2, 0) is 12.0 Å². The molecule has 20 heavy (non-hydrogen) atoms. The molecule has 1 heteroatoms. The Kier molecular flexibility index (Phi) is 3.39. The van der Waals surface area contributed by atoms with Crippen LogP contribution in [0.5, 0.6) is 0 Å². The zero-order chi connectivity index (χ0) is 14.2. The van der Waals surface area contributed by atoms with Crippen molar-refractivity contribution in [2.24, 2.45) is 5.73 Å². The summed E-state index contributed by atoms with van der Waals surface area (Å²) in [6.07, 6.45) is 4.62. The first-order valence-electron chi connectivity index (χ1n) is 7.56. The Morgan fingerprint density at radius 3 is 2.55 bits per heavy atom. The quantitative estimate of drug-likeness (QED) is 0.767. The highest BCUT2D eigenvalue weighted by Gasteiger charge is 2.32. The fraction of sp³-hybridized carbons (Fsp3) is 0.368. The largest absolute Gasteiger partial charge is 0.318 e. The number of hydrogen-bond donors (Lipinski definition) is 1. The standard InChI is InChI=1S/C19H23N/c1-14-10-11-17(13-15(14)2)19(20)12-6-5-8-16-7-3-4-9-18(16)19/h3-4,7,9-11,13H,5-6,8,12,20H2,1-2H3. The first-order chi connectivity index (χ1) is 9.61. The van der Waals surface area contributed by atoms with Crippen LogP contribution in [0, 0.1) is 13.8 Å². The molecule has 1 atom stereocenters. The zero-order valence-corrected chi connectivity index (χ0v) is 12.4. The molecule has 0 amide bonds. The van der Waals surface area contributed by atoms with Crippen LogP contribution in [-0.4, -0.2) is 0 Å². The molecule has 0 heterocycles. The minimum atomic E-state index is -0.328. The molecule has 0 aliphatic heterocycles. The summed E-state index contributed by atoms with van der Waals surface area (Å²) in [6, 6.07) is 15.4. The zero-order valence-electron chi connectivity index (χ0n) is 12.4. The maximum Gasteiger partial charge on any atom is 0.0668 e. The van der Waals surface area contributed by atoms with E-state index in [1.54, 1.807) is 0 Å². The monoisotopic (exact) mass is 265 g/mol. The Labute approximate surface area is 121 Å². The third-order valence-electron chi connectivity index (χ3n) is 4.79. The van der Waals surface area contributed by atoms with E-state index in [0.717, 1.165) is 12.8 Å². The van der Waals surface area contributed by atoms with Gasteiger partial charge >= 0.3 is 0 Å². The molecule has 1 aliphatic rings. The van der Waals surface area contributed by atoms with Gasteiger partial charge in [0.25, 0.3) is 0 Å². The van der Waals surface area contributed by atoms with Gasteiger partial charge in [-0.05, 0) is 60.9 Å². The van der Waals surface area contributed by atoms with E-state index in [-0.39, 0.29) is 5.54 Å². The molecule has 3 rings (SSSR count). The van der Waals surface area contributed by atoms with Gasteiger partial charge in [-0.15, -0.1) is 0 Å². The van der Waals surface area contributed by atoms with Crippen molar-refractivity contribution in [2.45, 2.75) is 45.1 Å². The summed E-state index contributed by atoms with van der Waals surface area (Å²) < 4.78 is 0. The van der Waals surface area contributed by atoms with E-state index in [2.05, 4.69) is 56.3 Å². The van der Waals surface area contributed by atoms with Crippen LogP contribution >= 0.6 is 0 Å². The smallest absolute Gasteiger partial charge is 0.0668 e. The van der Waals surface area contributed by atoms with Gasteiger partial charge in [-0.25, -0.2) is 0 Å². The summed E-state index contributed by atoms with van der Waals surface area (Å²) in [5, 5.41) is 0. The molecule has 1 nitrogen and oxygen atoms in total. The van der Waals surface area contributed by atoms with Gasteiger partial charge in [0.2, 0.25) is 0 Å². The summed E-state index contributed by atoms with van der Waals surface area (Å²) in [4.78, 5) is 0. The molecule has 1 unspecified atom stereocenters. The number of aryl methyl sites for hydroxylation is 3. The van der Waals surface area contributed by atoms with Gasteiger partial charge in [-0.1, -0.05) is 48.9 Å². The van der Waals surface area contributed by atoms with Crippen LogP contribution in [0.1, 0.15) is 47.1 Å². The van der Waals surface area contributed by atoms with Crippen molar-refractivity contribution >= 4 is 0 Å².